The lowest BCUT2D eigenvalue weighted by atomic mass is 9.97. The van der Waals surface area contributed by atoms with Crippen LogP contribution in [0, 0.1) is 20.2 Å². The molecule has 0 saturated carbocycles. The Morgan fingerprint density at radius 3 is 2.69 bits per heavy atom. The molecule has 0 radical (unpaired) electrons. The van der Waals surface area contributed by atoms with E-state index >= 15 is 0 Å². The van der Waals surface area contributed by atoms with Crippen LogP contribution in [0.15, 0.2) is 28.4 Å². The Morgan fingerprint density at radius 1 is 1.21 bits per heavy atom. The van der Waals surface area contributed by atoms with Crippen LogP contribution in [-0.4, -0.2) is 30.8 Å². The van der Waals surface area contributed by atoms with Gasteiger partial charge in [0.1, 0.15) is 11.2 Å². The summed E-state index contributed by atoms with van der Waals surface area (Å²) in [5.41, 5.74) is -1.08. The van der Waals surface area contributed by atoms with Gasteiger partial charge in [-0.25, -0.2) is 4.98 Å². The van der Waals surface area contributed by atoms with Crippen molar-refractivity contribution >= 4 is 39.1 Å². The van der Waals surface area contributed by atoms with Gasteiger partial charge in [-0.1, -0.05) is 0 Å². The number of phenols is 1. The van der Waals surface area contributed by atoms with Gasteiger partial charge in [0.05, 0.1) is 33.1 Å². The molecule has 3 aromatic rings. The van der Waals surface area contributed by atoms with Gasteiger partial charge in [-0.05, 0) is 31.2 Å². The molecule has 11 nitrogen and oxygen atoms in total. The molecule has 2 aromatic heterocycles. The van der Waals surface area contributed by atoms with Gasteiger partial charge < -0.3 is 5.11 Å². The Labute approximate surface area is 165 Å². The van der Waals surface area contributed by atoms with Gasteiger partial charge in [0.25, 0.3) is 11.2 Å². The molecule has 2 heterocycles. The van der Waals surface area contributed by atoms with Crippen LogP contribution in [0.5, 0.6) is 5.75 Å². The predicted octanol–water partition coefficient (Wildman–Crippen LogP) is 2.74. The standard InChI is InChI=1S/C17H13N5O6S/c23-15-9(5-10(21(25)26)6-12(15)22(27)28)7-19-20-8-18-16-14(17(20)24)11-3-1-2-4-13(11)29-16/h5-8,23H,1-4H2/b19-7-. The summed E-state index contributed by atoms with van der Waals surface area (Å²) in [6, 6.07) is 1.60. The van der Waals surface area contributed by atoms with E-state index in [1.54, 1.807) is 0 Å². The second kappa shape index (κ2) is 7.05. The van der Waals surface area contributed by atoms with Crippen molar-refractivity contribution in [3.05, 3.63) is 65.0 Å². The average molecular weight is 415 g/mol. The quantitative estimate of drug-likeness (QED) is 0.390. The molecule has 0 bridgehead atoms. The molecule has 0 unspecified atom stereocenters. The zero-order valence-electron chi connectivity index (χ0n) is 14.8. The molecule has 29 heavy (non-hydrogen) atoms. The highest BCUT2D eigenvalue weighted by Crippen LogP contribution is 2.34. The van der Waals surface area contributed by atoms with Crippen molar-refractivity contribution in [2.45, 2.75) is 25.7 Å². The van der Waals surface area contributed by atoms with Gasteiger partial charge in [0.15, 0.2) is 0 Å². The van der Waals surface area contributed by atoms with E-state index in [9.17, 15) is 30.1 Å². The first kappa shape index (κ1) is 18.7. The van der Waals surface area contributed by atoms with Crippen LogP contribution < -0.4 is 5.56 Å². The third kappa shape index (κ3) is 3.23. The number of non-ortho nitro benzene ring substituents is 1. The van der Waals surface area contributed by atoms with E-state index in [-0.39, 0.29) is 5.56 Å². The molecule has 0 saturated heterocycles. The average Bonchev–Trinajstić information content (AvgIpc) is 3.07. The SMILES string of the molecule is O=c1c2c3c(sc2ncn1/N=C\c1cc([N+](=O)[O-])cc([N+](=O)[O-])c1O)CCCC3. The smallest absolute Gasteiger partial charge is 0.318 e. The largest absolute Gasteiger partial charge is 0.502 e. The molecule has 0 spiro atoms. The topological polar surface area (TPSA) is 154 Å². The van der Waals surface area contributed by atoms with Crippen molar-refractivity contribution in [2.24, 2.45) is 5.10 Å². The molecule has 0 amide bonds. The summed E-state index contributed by atoms with van der Waals surface area (Å²) in [5, 5.41) is 36.5. The molecule has 0 atom stereocenters. The van der Waals surface area contributed by atoms with Gasteiger partial charge in [0.2, 0.25) is 5.75 Å². The Balaban J connectivity index is 1.81. The lowest BCUT2D eigenvalue weighted by molar-refractivity contribution is -0.394. The minimum Gasteiger partial charge on any atom is -0.502 e. The van der Waals surface area contributed by atoms with Crippen molar-refractivity contribution in [1.82, 2.24) is 9.66 Å². The maximum absolute atomic E-state index is 12.9. The molecule has 148 valence electrons. The molecule has 1 aliphatic carbocycles. The van der Waals surface area contributed by atoms with E-state index in [4.69, 9.17) is 0 Å². The zero-order chi connectivity index (χ0) is 20.7. The zero-order valence-corrected chi connectivity index (χ0v) is 15.6. The Bertz CT molecular complexity index is 1260. The van der Waals surface area contributed by atoms with Crippen LogP contribution in [0.2, 0.25) is 0 Å². The van der Waals surface area contributed by atoms with E-state index in [1.807, 2.05) is 0 Å². The Hall–Kier alpha value is -3.67. The number of aryl methyl sites for hydroxylation is 2. The molecule has 4 rings (SSSR count). The van der Waals surface area contributed by atoms with E-state index in [0.717, 1.165) is 53.1 Å². The van der Waals surface area contributed by atoms with E-state index in [2.05, 4.69) is 10.1 Å². The molecule has 0 aliphatic heterocycles. The second-order valence-electron chi connectivity index (χ2n) is 6.45. The summed E-state index contributed by atoms with van der Waals surface area (Å²) in [6.45, 7) is 0. The number of benzene rings is 1. The molecule has 0 fully saturated rings. The molecular formula is C17H13N5O6S. The number of hydrogen-bond acceptors (Lipinski definition) is 9. The van der Waals surface area contributed by atoms with Crippen LogP contribution in [0.3, 0.4) is 0 Å². The maximum Gasteiger partial charge on any atom is 0.318 e. The highest BCUT2D eigenvalue weighted by molar-refractivity contribution is 7.18. The van der Waals surface area contributed by atoms with E-state index < -0.39 is 32.5 Å². The highest BCUT2D eigenvalue weighted by atomic mass is 32.1. The summed E-state index contributed by atoms with van der Waals surface area (Å²) < 4.78 is 0.952. The molecule has 1 aliphatic rings. The van der Waals surface area contributed by atoms with E-state index in [0.29, 0.717) is 16.3 Å². The Kier molecular flexibility index (Phi) is 4.54. The number of thiophene rings is 1. The van der Waals surface area contributed by atoms with Crippen molar-refractivity contribution in [2.75, 3.05) is 0 Å². The number of nitro benzene ring substituents is 2. The van der Waals surface area contributed by atoms with Gasteiger partial charge in [0, 0.05) is 10.9 Å². The number of phenolic OH excluding ortho intramolecular Hbond substituents is 1. The lowest BCUT2D eigenvalue weighted by Crippen LogP contribution is -2.18. The number of fused-ring (bicyclic) bond motifs is 3. The number of aromatic nitrogens is 2. The number of nitrogens with zero attached hydrogens (tertiary/aromatic N) is 5. The van der Waals surface area contributed by atoms with Crippen LogP contribution in [0.25, 0.3) is 10.2 Å². The van der Waals surface area contributed by atoms with E-state index in [1.165, 1.54) is 17.7 Å². The number of hydrogen-bond donors (Lipinski definition) is 1. The van der Waals surface area contributed by atoms with Gasteiger partial charge in [-0.15, -0.1) is 11.3 Å². The molecular weight excluding hydrogens is 402 g/mol. The van der Waals surface area contributed by atoms with Crippen molar-refractivity contribution in [3.8, 4) is 5.75 Å². The number of nitro groups is 2. The molecule has 12 heteroatoms. The third-order valence-corrected chi connectivity index (χ3v) is 5.89. The fourth-order valence-electron chi connectivity index (χ4n) is 3.31. The van der Waals surface area contributed by atoms with Crippen LogP contribution in [0.4, 0.5) is 11.4 Å². The summed E-state index contributed by atoms with van der Waals surface area (Å²) in [6.07, 6.45) is 5.93. The van der Waals surface area contributed by atoms with Crippen LogP contribution in [-0.2, 0) is 12.8 Å². The van der Waals surface area contributed by atoms with Gasteiger partial charge >= 0.3 is 5.69 Å². The van der Waals surface area contributed by atoms with Gasteiger partial charge in [-0.2, -0.15) is 9.78 Å². The highest BCUT2D eigenvalue weighted by Gasteiger charge is 2.23. The fourth-order valence-corrected chi connectivity index (χ4v) is 4.53. The number of aromatic hydroxyl groups is 1. The summed E-state index contributed by atoms with van der Waals surface area (Å²) >= 11 is 1.48. The first-order valence-electron chi connectivity index (χ1n) is 8.59. The minimum atomic E-state index is -0.933. The fraction of sp³-hybridized carbons (Fsp3) is 0.235. The minimum absolute atomic E-state index is 0.259. The van der Waals surface area contributed by atoms with Crippen molar-refractivity contribution < 1.29 is 15.0 Å². The molecule has 1 N–H and O–H groups in total. The monoisotopic (exact) mass is 415 g/mol. The normalized spacial score (nSPS) is 13.7. The van der Waals surface area contributed by atoms with Crippen LogP contribution in [0.1, 0.15) is 28.8 Å². The first-order chi connectivity index (χ1) is 13.9. The predicted molar refractivity (Wildman–Crippen MR) is 105 cm³/mol. The maximum atomic E-state index is 12.9. The first-order valence-corrected chi connectivity index (χ1v) is 9.40. The van der Waals surface area contributed by atoms with Crippen molar-refractivity contribution in [3.63, 3.8) is 0 Å². The Morgan fingerprint density at radius 2 is 1.97 bits per heavy atom. The second-order valence-corrected chi connectivity index (χ2v) is 7.53. The molecule has 1 aromatic carbocycles. The summed E-state index contributed by atoms with van der Waals surface area (Å²) in [7, 11) is 0. The van der Waals surface area contributed by atoms with Crippen LogP contribution >= 0.6 is 11.3 Å². The lowest BCUT2D eigenvalue weighted by Gasteiger charge is -2.09. The third-order valence-electron chi connectivity index (χ3n) is 4.69. The van der Waals surface area contributed by atoms with Crippen molar-refractivity contribution in [1.29, 1.82) is 0 Å². The summed E-state index contributed by atoms with van der Waals surface area (Å²) in [4.78, 5) is 39.2. The van der Waals surface area contributed by atoms with Gasteiger partial charge in [-0.3, -0.25) is 25.0 Å². The number of rotatable bonds is 4. The summed E-state index contributed by atoms with van der Waals surface area (Å²) in [5.74, 6) is -0.778.